The number of fused-ring (bicyclic) bond motifs is 1. The third kappa shape index (κ3) is 4.58. The molecule has 2 aromatic carbocycles. The van der Waals surface area contributed by atoms with Gasteiger partial charge in [-0.05, 0) is 45.0 Å². The highest BCUT2D eigenvalue weighted by Gasteiger charge is 2.19. The van der Waals surface area contributed by atoms with Gasteiger partial charge in [-0.3, -0.25) is 9.69 Å². The molecule has 1 aromatic heterocycles. The van der Waals surface area contributed by atoms with E-state index in [2.05, 4.69) is 0 Å². The minimum Gasteiger partial charge on any atom is -0.461 e. The summed E-state index contributed by atoms with van der Waals surface area (Å²) in [4.78, 5) is 27.4. The van der Waals surface area contributed by atoms with Gasteiger partial charge in [0.2, 0.25) is 0 Å². The number of nitrogens with zero attached hydrogens (tertiary/aromatic N) is 1. The molecule has 2 heterocycles. The van der Waals surface area contributed by atoms with E-state index in [0.717, 1.165) is 19.3 Å². The molecule has 1 saturated heterocycles. The number of para-hydroxylation sites is 1. The zero-order chi connectivity index (χ0) is 23.8. The van der Waals surface area contributed by atoms with Crippen LogP contribution in [0.2, 0.25) is 0 Å². The molecular formula is C24H26ClNO4. The zero-order valence-electron chi connectivity index (χ0n) is 20.6. The Morgan fingerprint density at radius 1 is 1.10 bits per heavy atom. The zero-order valence-corrected chi connectivity index (χ0v) is 17.5. The van der Waals surface area contributed by atoms with Gasteiger partial charge in [0.25, 0.3) is 0 Å². The van der Waals surface area contributed by atoms with Crippen molar-refractivity contribution >= 4 is 29.3 Å². The smallest absolute Gasteiger partial charge is 0.342 e. The number of piperidine rings is 1. The Morgan fingerprint density at radius 2 is 1.83 bits per heavy atom. The first kappa shape index (κ1) is 17.1. The van der Waals surface area contributed by atoms with Gasteiger partial charge in [-0.2, -0.15) is 0 Å². The molecule has 0 atom stereocenters. The lowest BCUT2D eigenvalue weighted by molar-refractivity contribution is 0.0453. The lowest BCUT2D eigenvalue weighted by atomic mass is 10.0. The maximum Gasteiger partial charge on any atom is 0.342 e. The maximum atomic E-state index is 13.0. The van der Waals surface area contributed by atoms with E-state index in [4.69, 9.17) is 14.6 Å². The van der Waals surface area contributed by atoms with Gasteiger partial charge in [0.15, 0.2) is 11.0 Å². The lowest BCUT2D eigenvalue weighted by Gasteiger charge is -2.25. The molecule has 30 heavy (non-hydrogen) atoms. The van der Waals surface area contributed by atoms with Gasteiger partial charge >= 0.3 is 5.97 Å². The summed E-state index contributed by atoms with van der Waals surface area (Å²) in [5.41, 5.74) is 0.577. The summed E-state index contributed by atoms with van der Waals surface area (Å²) in [7, 11) is 0. The third-order valence-electron chi connectivity index (χ3n) is 5.10. The molecule has 0 bridgehead atoms. The summed E-state index contributed by atoms with van der Waals surface area (Å²) in [6.45, 7) is -3.03. The molecule has 0 saturated carbocycles. The number of rotatable bonds is 5. The van der Waals surface area contributed by atoms with Crippen molar-refractivity contribution in [3.63, 3.8) is 0 Å². The van der Waals surface area contributed by atoms with Crippen LogP contribution in [0.15, 0.2) is 57.7 Å². The van der Waals surface area contributed by atoms with Crippen LogP contribution in [0.1, 0.15) is 40.7 Å². The van der Waals surface area contributed by atoms with Crippen LogP contribution in [-0.2, 0) is 4.74 Å². The molecule has 6 heteroatoms. The van der Waals surface area contributed by atoms with Crippen molar-refractivity contribution in [1.82, 2.24) is 4.90 Å². The van der Waals surface area contributed by atoms with Crippen LogP contribution in [0.3, 0.4) is 0 Å². The van der Waals surface area contributed by atoms with Crippen LogP contribution in [0, 0.1) is 6.92 Å². The summed E-state index contributed by atoms with van der Waals surface area (Å²) in [5.74, 6) is -0.794. The van der Waals surface area contributed by atoms with Gasteiger partial charge in [0.1, 0.15) is 17.9 Å². The first-order valence-electron chi connectivity index (χ1n) is 11.7. The van der Waals surface area contributed by atoms with Gasteiger partial charge in [-0.15, -0.1) is 12.4 Å². The molecule has 3 aromatic rings. The Balaban J connectivity index is 0.00000324. The van der Waals surface area contributed by atoms with Gasteiger partial charge in [-0.25, -0.2) is 4.79 Å². The number of carbonyl (C=O) groups is 1. The van der Waals surface area contributed by atoms with Crippen LogP contribution in [0.4, 0.5) is 0 Å². The third-order valence-corrected chi connectivity index (χ3v) is 5.10. The molecule has 0 unspecified atom stereocenters. The highest BCUT2D eigenvalue weighted by Crippen LogP contribution is 2.27. The minimum absolute atomic E-state index is 0. The standard InChI is InChI=1S/C24H25NO4.ClH/c1-17-21(26)19-11-8-12-20(23(19)29-22(17)18-9-4-2-5-10-18)24(27)28-16-15-25-13-6-3-7-14-25;/h2,4-5,8-12H,3,6-7,13-16H2,1H3;1H/i15D2,16D2;. The van der Waals surface area contributed by atoms with E-state index in [1.165, 1.54) is 23.1 Å². The Bertz CT molecular complexity index is 1240. The molecule has 1 aliphatic heterocycles. The quantitative estimate of drug-likeness (QED) is 0.541. The first-order valence-corrected chi connectivity index (χ1v) is 9.74. The topological polar surface area (TPSA) is 59.8 Å². The van der Waals surface area contributed by atoms with Crippen molar-refractivity contribution < 1.29 is 19.4 Å². The Morgan fingerprint density at radius 3 is 2.57 bits per heavy atom. The average Bonchev–Trinajstić information content (AvgIpc) is 2.81. The van der Waals surface area contributed by atoms with E-state index in [1.807, 2.05) is 6.07 Å². The fourth-order valence-corrected chi connectivity index (χ4v) is 3.53. The Kier molecular flexibility index (Phi) is 5.65. The first-order chi connectivity index (χ1) is 15.6. The van der Waals surface area contributed by atoms with Crippen LogP contribution in [0.25, 0.3) is 22.3 Å². The largest absolute Gasteiger partial charge is 0.461 e. The number of hydrogen-bond donors (Lipinski definition) is 0. The number of carbonyl (C=O) groups excluding carboxylic acids is 1. The molecular weight excluding hydrogens is 402 g/mol. The predicted molar refractivity (Wildman–Crippen MR) is 120 cm³/mol. The van der Waals surface area contributed by atoms with Gasteiger partial charge in [0, 0.05) is 20.4 Å². The summed E-state index contributed by atoms with van der Waals surface area (Å²) in [6.07, 6.45) is 2.45. The normalized spacial score (nSPS) is 17.2. The number of benzene rings is 2. The molecule has 0 aliphatic carbocycles. The molecule has 1 aliphatic rings. The molecule has 0 spiro atoms. The van der Waals surface area contributed by atoms with Crippen molar-refractivity contribution in [2.45, 2.75) is 26.2 Å². The van der Waals surface area contributed by atoms with Crippen LogP contribution >= 0.6 is 12.4 Å². The minimum atomic E-state index is -2.92. The van der Waals surface area contributed by atoms with Crippen molar-refractivity contribution in [3.8, 4) is 11.3 Å². The lowest BCUT2D eigenvalue weighted by Crippen LogP contribution is -2.33. The monoisotopic (exact) mass is 431 g/mol. The van der Waals surface area contributed by atoms with Crippen molar-refractivity contribution in [2.24, 2.45) is 0 Å². The van der Waals surface area contributed by atoms with E-state index in [1.54, 1.807) is 31.2 Å². The van der Waals surface area contributed by atoms with E-state index in [-0.39, 0.29) is 34.4 Å². The van der Waals surface area contributed by atoms with Crippen molar-refractivity contribution in [3.05, 3.63) is 69.9 Å². The average molecular weight is 432 g/mol. The Hall–Kier alpha value is -2.63. The Labute approximate surface area is 187 Å². The summed E-state index contributed by atoms with van der Waals surface area (Å²) in [6, 6.07) is 13.4. The van der Waals surface area contributed by atoms with Gasteiger partial charge in [0.05, 0.1) is 8.13 Å². The highest BCUT2D eigenvalue weighted by molar-refractivity contribution is 6.02. The fraction of sp³-hybridized carbons (Fsp3) is 0.333. The van der Waals surface area contributed by atoms with Crippen LogP contribution in [0.5, 0.6) is 0 Å². The SMILES string of the molecule is Cl.[2H]C([2H])(OC(=O)c1cccc2c(=O)c(C)c(-c3ccccc3)oc12)C([2H])([2H])N1CCCCC1. The van der Waals surface area contributed by atoms with Gasteiger partial charge in [-0.1, -0.05) is 42.8 Å². The van der Waals surface area contributed by atoms with Crippen molar-refractivity contribution in [1.29, 1.82) is 0 Å². The molecule has 5 nitrogen and oxygen atoms in total. The fourth-order valence-electron chi connectivity index (χ4n) is 3.53. The van der Waals surface area contributed by atoms with E-state index in [0.29, 0.717) is 30.0 Å². The second kappa shape index (κ2) is 9.92. The summed E-state index contributed by atoms with van der Waals surface area (Å²) in [5, 5.41) is 0.168. The number of ether oxygens (including phenoxy) is 1. The van der Waals surface area contributed by atoms with E-state index < -0.39 is 19.0 Å². The molecule has 0 N–H and O–H groups in total. The van der Waals surface area contributed by atoms with Crippen molar-refractivity contribution in [2.75, 3.05) is 26.1 Å². The number of halogens is 1. The van der Waals surface area contributed by atoms with Crippen LogP contribution < -0.4 is 5.43 Å². The number of hydrogen-bond acceptors (Lipinski definition) is 5. The highest BCUT2D eigenvalue weighted by atomic mass is 35.5. The van der Waals surface area contributed by atoms with E-state index in [9.17, 15) is 9.59 Å². The van der Waals surface area contributed by atoms with Crippen LogP contribution in [-0.4, -0.2) is 37.0 Å². The summed E-state index contributed by atoms with van der Waals surface area (Å²) < 4.78 is 44.2. The van der Waals surface area contributed by atoms with E-state index >= 15 is 0 Å². The number of esters is 1. The molecule has 4 rings (SSSR count). The number of likely N-dealkylation sites (tertiary alicyclic amines) is 1. The maximum absolute atomic E-state index is 13.0. The second-order valence-electron chi connectivity index (χ2n) is 7.08. The summed E-state index contributed by atoms with van der Waals surface area (Å²) >= 11 is 0. The second-order valence-corrected chi connectivity index (χ2v) is 7.08. The molecule has 0 radical (unpaired) electrons. The molecule has 0 amide bonds. The molecule has 158 valence electrons. The predicted octanol–water partition coefficient (Wildman–Crippen LogP) is 4.83. The molecule has 1 fully saturated rings. The van der Waals surface area contributed by atoms with Gasteiger partial charge < -0.3 is 9.15 Å².